The Hall–Kier alpha value is -3.97. The van der Waals surface area contributed by atoms with Crippen LogP contribution < -0.4 is 10.1 Å². The first-order valence-corrected chi connectivity index (χ1v) is 13.7. The molecule has 1 atom stereocenters. The van der Waals surface area contributed by atoms with Crippen LogP contribution in [0.1, 0.15) is 62.7 Å². The third-order valence-electron chi connectivity index (χ3n) is 6.82. The number of ether oxygens (including phenoxy) is 1. The van der Waals surface area contributed by atoms with Gasteiger partial charge in [-0.2, -0.15) is 0 Å². The number of carbonyl (C=O) groups excluding carboxylic acids is 2. The first-order valence-electron chi connectivity index (χ1n) is 12.9. The Morgan fingerprint density at radius 3 is 2.45 bits per heavy atom. The lowest BCUT2D eigenvalue weighted by molar-refractivity contribution is -0.132. The van der Waals surface area contributed by atoms with Crippen LogP contribution >= 0.6 is 11.3 Å². The molecule has 2 heterocycles. The van der Waals surface area contributed by atoms with Gasteiger partial charge in [0.1, 0.15) is 23.1 Å². The zero-order valence-electron chi connectivity index (χ0n) is 21.9. The van der Waals surface area contributed by atoms with Gasteiger partial charge in [-0.3, -0.25) is 9.59 Å². The van der Waals surface area contributed by atoms with Crippen molar-refractivity contribution in [3.05, 3.63) is 111 Å². The van der Waals surface area contributed by atoms with Crippen molar-refractivity contribution in [2.75, 3.05) is 11.9 Å². The molecule has 3 aromatic carbocycles. The van der Waals surface area contributed by atoms with Crippen molar-refractivity contribution >= 4 is 28.8 Å². The Balaban J connectivity index is 1.32. The average molecular weight is 526 g/mol. The number of fused-ring (bicyclic) bond motifs is 1. The van der Waals surface area contributed by atoms with Gasteiger partial charge in [-0.1, -0.05) is 60.5 Å². The molecule has 1 unspecified atom stereocenters. The van der Waals surface area contributed by atoms with Crippen LogP contribution in [0.4, 0.5) is 5.69 Å². The summed E-state index contributed by atoms with van der Waals surface area (Å²) in [4.78, 5) is 31.9. The third-order valence-corrected chi connectivity index (χ3v) is 7.64. The van der Waals surface area contributed by atoms with Gasteiger partial charge in [0.05, 0.1) is 6.04 Å². The van der Waals surface area contributed by atoms with Crippen molar-refractivity contribution in [1.29, 1.82) is 0 Å². The second kappa shape index (κ2) is 11.2. The van der Waals surface area contributed by atoms with Crippen LogP contribution in [-0.2, 0) is 17.8 Å². The van der Waals surface area contributed by atoms with Crippen molar-refractivity contribution in [3.8, 4) is 5.75 Å². The van der Waals surface area contributed by atoms with Gasteiger partial charge in [0.2, 0.25) is 5.91 Å². The summed E-state index contributed by atoms with van der Waals surface area (Å²) in [5.74, 6) is 0.617. The SMILES string of the molecule is CCC(=O)N1CCc2ccc(OCc3nc(C(=O)Nc4ccc(C)cc4)cs3)cc2C1c1ccc(C)cc1. The van der Waals surface area contributed by atoms with Gasteiger partial charge in [-0.05, 0) is 61.2 Å². The van der Waals surface area contributed by atoms with Gasteiger partial charge in [-0.25, -0.2) is 4.98 Å². The molecule has 4 aromatic rings. The molecule has 1 aromatic heterocycles. The molecule has 0 saturated carbocycles. The van der Waals surface area contributed by atoms with Gasteiger partial charge in [-0.15, -0.1) is 11.3 Å². The minimum atomic E-state index is -0.244. The summed E-state index contributed by atoms with van der Waals surface area (Å²) in [7, 11) is 0. The quantitative estimate of drug-likeness (QED) is 0.300. The molecule has 6 nitrogen and oxygen atoms in total. The van der Waals surface area contributed by atoms with E-state index in [1.54, 1.807) is 5.38 Å². The maximum atomic E-state index is 12.9. The largest absolute Gasteiger partial charge is 0.486 e. The molecule has 7 heteroatoms. The van der Waals surface area contributed by atoms with Gasteiger partial charge >= 0.3 is 0 Å². The molecule has 5 rings (SSSR count). The summed E-state index contributed by atoms with van der Waals surface area (Å²) in [5, 5.41) is 5.34. The number of thiazole rings is 1. The van der Waals surface area contributed by atoms with E-state index in [1.807, 2.05) is 55.1 Å². The van der Waals surface area contributed by atoms with Crippen LogP contribution in [0.2, 0.25) is 0 Å². The zero-order chi connectivity index (χ0) is 26.6. The van der Waals surface area contributed by atoms with Crippen LogP contribution in [0.3, 0.4) is 0 Å². The van der Waals surface area contributed by atoms with E-state index >= 15 is 0 Å². The van der Waals surface area contributed by atoms with E-state index < -0.39 is 0 Å². The third kappa shape index (κ3) is 5.63. The molecule has 2 amide bonds. The predicted molar refractivity (Wildman–Crippen MR) is 151 cm³/mol. The number of nitrogens with zero attached hydrogens (tertiary/aromatic N) is 2. The van der Waals surface area contributed by atoms with E-state index in [0.29, 0.717) is 24.4 Å². The normalized spacial score (nSPS) is 14.6. The number of rotatable bonds is 7. The highest BCUT2D eigenvalue weighted by atomic mass is 32.1. The number of carbonyl (C=O) groups is 2. The maximum Gasteiger partial charge on any atom is 0.275 e. The van der Waals surface area contributed by atoms with Crippen molar-refractivity contribution in [1.82, 2.24) is 9.88 Å². The van der Waals surface area contributed by atoms with E-state index in [4.69, 9.17) is 4.74 Å². The molecule has 0 saturated heterocycles. The summed E-state index contributed by atoms with van der Waals surface area (Å²) in [5.41, 5.74) is 6.84. The Bertz CT molecular complexity index is 1440. The Morgan fingerprint density at radius 2 is 1.74 bits per heavy atom. The van der Waals surface area contributed by atoms with E-state index in [2.05, 4.69) is 47.6 Å². The van der Waals surface area contributed by atoms with Crippen LogP contribution in [-0.4, -0.2) is 28.2 Å². The molecule has 0 fully saturated rings. The molecule has 1 N–H and O–H groups in total. The second-order valence-corrected chi connectivity index (χ2v) is 10.5. The van der Waals surface area contributed by atoms with Crippen molar-refractivity contribution in [3.63, 3.8) is 0 Å². The molecule has 0 bridgehead atoms. The summed E-state index contributed by atoms with van der Waals surface area (Å²) < 4.78 is 6.12. The Morgan fingerprint density at radius 1 is 1.03 bits per heavy atom. The number of aromatic nitrogens is 1. The highest BCUT2D eigenvalue weighted by Gasteiger charge is 2.31. The van der Waals surface area contributed by atoms with Crippen LogP contribution in [0.15, 0.2) is 72.1 Å². The molecule has 0 aliphatic carbocycles. The highest BCUT2D eigenvalue weighted by molar-refractivity contribution is 7.09. The zero-order valence-corrected chi connectivity index (χ0v) is 22.7. The fourth-order valence-electron chi connectivity index (χ4n) is 4.72. The minimum Gasteiger partial charge on any atom is -0.486 e. The Kier molecular flexibility index (Phi) is 7.56. The predicted octanol–water partition coefficient (Wildman–Crippen LogP) is 6.48. The summed E-state index contributed by atoms with van der Waals surface area (Å²) in [6.07, 6.45) is 1.29. The first kappa shape index (κ1) is 25.7. The van der Waals surface area contributed by atoms with E-state index in [1.165, 1.54) is 22.5 Å². The van der Waals surface area contributed by atoms with Crippen molar-refractivity contribution in [2.45, 2.75) is 46.3 Å². The minimum absolute atomic E-state index is 0.145. The standard InChI is InChI=1S/C31H31N3O3S/c1-4-29(35)34-16-15-22-11-14-25(17-26(22)30(34)23-9-5-20(2)6-10-23)37-18-28-33-27(19-38-28)31(36)32-24-12-7-21(3)8-13-24/h5-14,17,19,30H,4,15-16,18H2,1-3H3,(H,32,36). The topological polar surface area (TPSA) is 71.5 Å². The summed E-state index contributed by atoms with van der Waals surface area (Å²) >= 11 is 1.40. The van der Waals surface area contributed by atoms with Crippen LogP contribution in [0.25, 0.3) is 0 Å². The molecule has 0 spiro atoms. The summed E-state index contributed by atoms with van der Waals surface area (Å²) in [6.45, 7) is 6.94. The van der Waals surface area contributed by atoms with Gasteiger partial charge in [0.15, 0.2) is 0 Å². The number of anilines is 1. The lowest BCUT2D eigenvalue weighted by Crippen LogP contribution is -2.40. The lowest BCUT2D eigenvalue weighted by atomic mass is 9.87. The molecule has 38 heavy (non-hydrogen) atoms. The smallest absolute Gasteiger partial charge is 0.275 e. The first-order chi connectivity index (χ1) is 18.4. The number of amides is 2. The molecule has 0 radical (unpaired) electrons. The number of benzene rings is 3. The highest BCUT2D eigenvalue weighted by Crippen LogP contribution is 2.37. The van der Waals surface area contributed by atoms with Crippen LogP contribution in [0.5, 0.6) is 5.75 Å². The fourth-order valence-corrected chi connectivity index (χ4v) is 5.41. The molecule has 1 aliphatic heterocycles. The number of hydrogen-bond acceptors (Lipinski definition) is 5. The fraction of sp³-hybridized carbons (Fsp3) is 0.258. The lowest BCUT2D eigenvalue weighted by Gasteiger charge is -2.38. The second-order valence-electron chi connectivity index (χ2n) is 9.60. The monoisotopic (exact) mass is 525 g/mol. The average Bonchev–Trinajstić information content (AvgIpc) is 3.42. The van der Waals surface area contributed by atoms with E-state index in [-0.39, 0.29) is 24.5 Å². The summed E-state index contributed by atoms with van der Waals surface area (Å²) in [6, 6.07) is 22.0. The van der Waals surface area contributed by atoms with Gasteiger partial charge in [0.25, 0.3) is 5.91 Å². The maximum absolute atomic E-state index is 12.9. The molecule has 194 valence electrons. The number of nitrogens with one attached hydrogen (secondary N) is 1. The van der Waals surface area contributed by atoms with Gasteiger partial charge < -0.3 is 15.0 Å². The van der Waals surface area contributed by atoms with Crippen LogP contribution in [0, 0.1) is 13.8 Å². The molecular formula is C31H31N3O3S. The Labute approximate surface area is 227 Å². The van der Waals surface area contributed by atoms with E-state index in [9.17, 15) is 9.59 Å². The number of aryl methyl sites for hydroxylation is 2. The van der Waals surface area contributed by atoms with Crippen molar-refractivity contribution < 1.29 is 14.3 Å². The van der Waals surface area contributed by atoms with Gasteiger partial charge in [0, 0.05) is 24.0 Å². The van der Waals surface area contributed by atoms with Crippen molar-refractivity contribution in [2.24, 2.45) is 0 Å². The number of hydrogen-bond donors (Lipinski definition) is 1. The molecule has 1 aliphatic rings. The molecular weight excluding hydrogens is 494 g/mol. The van der Waals surface area contributed by atoms with E-state index in [0.717, 1.165) is 33.8 Å².